The minimum absolute atomic E-state index is 0.0923. The molecule has 1 heterocycles. The number of carboxylic acid groups (broad SMARTS) is 1. The van der Waals surface area contributed by atoms with Gasteiger partial charge in [-0.25, -0.2) is 0 Å². The first-order chi connectivity index (χ1) is 9.97. The van der Waals surface area contributed by atoms with E-state index in [1.54, 1.807) is 0 Å². The molecule has 2 rings (SSSR count). The van der Waals surface area contributed by atoms with Crippen molar-refractivity contribution in [3.63, 3.8) is 0 Å². The maximum absolute atomic E-state index is 12.2. The number of carbonyl (C=O) groups excluding carboxylic acids is 1. The lowest BCUT2D eigenvalue weighted by atomic mass is 9.78. The number of amides is 1. The van der Waals surface area contributed by atoms with E-state index < -0.39 is 5.97 Å². The Morgan fingerprint density at radius 2 is 1.81 bits per heavy atom. The van der Waals surface area contributed by atoms with E-state index in [1.807, 2.05) is 0 Å². The van der Waals surface area contributed by atoms with Crippen LogP contribution in [0.4, 0.5) is 0 Å². The molecule has 0 bridgehead atoms. The van der Waals surface area contributed by atoms with Crippen molar-refractivity contribution in [1.82, 2.24) is 10.2 Å². The maximum atomic E-state index is 12.2. The van der Waals surface area contributed by atoms with E-state index in [0.717, 1.165) is 6.42 Å². The minimum Gasteiger partial charge on any atom is -0.481 e. The molecule has 5 nitrogen and oxygen atoms in total. The van der Waals surface area contributed by atoms with Crippen LogP contribution in [0.2, 0.25) is 0 Å². The fourth-order valence-electron chi connectivity index (χ4n) is 3.58. The average molecular weight is 296 g/mol. The van der Waals surface area contributed by atoms with E-state index >= 15 is 0 Å². The third-order valence-corrected chi connectivity index (χ3v) is 5.36. The van der Waals surface area contributed by atoms with Gasteiger partial charge in [0.1, 0.15) is 0 Å². The first-order valence-electron chi connectivity index (χ1n) is 8.22. The summed E-state index contributed by atoms with van der Waals surface area (Å²) < 4.78 is 0. The van der Waals surface area contributed by atoms with Gasteiger partial charge in [0.05, 0.1) is 12.5 Å². The van der Waals surface area contributed by atoms with Gasteiger partial charge in [0.25, 0.3) is 0 Å². The molecule has 0 spiro atoms. The lowest BCUT2D eigenvalue weighted by Crippen LogP contribution is -2.48. The van der Waals surface area contributed by atoms with Gasteiger partial charge in [-0.1, -0.05) is 26.7 Å². The number of hydrogen-bond acceptors (Lipinski definition) is 3. The minimum atomic E-state index is -0.705. The lowest BCUT2D eigenvalue weighted by Gasteiger charge is -2.35. The predicted octanol–water partition coefficient (Wildman–Crippen LogP) is 1.72. The zero-order chi connectivity index (χ0) is 15.4. The molecule has 120 valence electrons. The van der Waals surface area contributed by atoms with Gasteiger partial charge < -0.3 is 10.4 Å². The molecule has 1 aliphatic heterocycles. The highest BCUT2D eigenvalue weighted by molar-refractivity contribution is 5.78. The molecule has 1 saturated carbocycles. The van der Waals surface area contributed by atoms with Gasteiger partial charge in [0, 0.05) is 6.04 Å². The second-order valence-corrected chi connectivity index (χ2v) is 6.83. The standard InChI is InChI=1S/C16H28N2O3/c1-11-4-3-5-14(12(11)2)17-15(19)10-18-8-6-13(7-9-18)16(20)21/h11-14H,3-10H2,1-2H3,(H,17,19)(H,20,21). The fourth-order valence-corrected chi connectivity index (χ4v) is 3.58. The molecule has 5 heteroatoms. The van der Waals surface area contributed by atoms with Gasteiger partial charge in [0.15, 0.2) is 0 Å². The summed E-state index contributed by atoms with van der Waals surface area (Å²) in [5.74, 6) is 0.373. The molecule has 0 radical (unpaired) electrons. The number of carboxylic acids is 1. The summed E-state index contributed by atoms with van der Waals surface area (Å²) in [6.07, 6.45) is 4.84. The molecule has 0 aromatic carbocycles. The summed E-state index contributed by atoms with van der Waals surface area (Å²) in [5, 5.41) is 12.2. The van der Waals surface area contributed by atoms with Crippen molar-refractivity contribution in [2.24, 2.45) is 17.8 Å². The van der Waals surface area contributed by atoms with E-state index in [9.17, 15) is 9.59 Å². The second kappa shape index (κ2) is 7.25. The Balaban J connectivity index is 1.74. The smallest absolute Gasteiger partial charge is 0.306 e. The first kappa shape index (κ1) is 16.3. The van der Waals surface area contributed by atoms with Crippen molar-refractivity contribution in [2.45, 2.75) is 52.0 Å². The van der Waals surface area contributed by atoms with Gasteiger partial charge in [-0.3, -0.25) is 14.5 Å². The summed E-state index contributed by atoms with van der Waals surface area (Å²) in [6.45, 7) is 6.32. The Labute approximate surface area is 127 Å². The van der Waals surface area contributed by atoms with Crippen LogP contribution in [0.15, 0.2) is 0 Å². The van der Waals surface area contributed by atoms with Crippen LogP contribution in [0.5, 0.6) is 0 Å². The zero-order valence-electron chi connectivity index (χ0n) is 13.2. The molecule has 1 saturated heterocycles. The van der Waals surface area contributed by atoms with Gasteiger partial charge in [-0.05, 0) is 44.2 Å². The topological polar surface area (TPSA) is 69.6 Å². The number of rotatable bonds is 4. The van der Waals surface area contributed by atoms with Crippen LogP contribution >= 0.6 is 0 Å². The van der Waals surface area contributed by atoms with Crippen molar-refractivity contribution >= 4 is 11.9 Å². The van der Waals surface area contributed by atoms with E-state index in [-0.39, 0.29) is 11.8 Å². The van der Waals surface area contributed by atoms with Crippen LogP contribution in [-0.2, 0) is 9.59 Å². The van der Waals surface area contributed by atoms with Crippen molar-refractivity contribution in [1.29, 1.82) is 0 Å². The first-order valence-corrected chi connectivity index (χ1v) is 8.22. The summed E-state index contributed by atoms with van der Waals surface area (Å²) in [5.41, 5.74) is 0. The normalized spacial score (nSPS) is 31.8. The van der Waals surface area contributed by atoms with Crippen LogP contribution in [0, 0.1) is 17.8 Å². The van der Waals surface area contributed by atoms with Crippen LogP contribution in [0.3, 0.4) is 0 Å². The van der Waals surface area contributed by atoms with Crippen LogP contribution in [0.1, 0.15) is 46.0 Å². The quantitative estimate of drug-likeness (QED) is 0.829. The zero-order valence-corrected chi connectivity index (χ0v) is 13.2. The Bertz CT molecular complexity index is 378. The highest BCUT2D eigenvalue weighted by atomic mass is 16.4. The molecule has 2 fully saturated rings. The molecule has 3 atom stereocenters. The number of aliphatic carboxylic acids is 1. The molecule has 2 N–H and O–H groups in total. The van der Waals surface area contributed by atoms with Crippen molar-refractivity contribution in [2.75, 3.05) is 19.6 Å². The third-order valence-electron chi connectivity index (χ3n) is 5.36. The molecule has 0 aromatic heterocycles. The molecule has 2 aliphatic rings. The SMILES string of the molecule is CC1CCCC(NC(=O)CN2CCC(C(=O)O)CC2)C1C. The highest BCUT2D eigenvalue weighted by Gasteiger charge is 2.29. The number of piperidine rings is 1. The van der Waals surface area contributed by atoms with Crippen LogP contribution in [-0.4, -0.2) is 47.6 Å². The summed E-state index contributed by atoms with van der Waals surface area (Å²) in [7, 11) is 0. The number of nitrogens with one attached hydrogen (secondary N) is 1. The molecule has 21 heavy (non-hydrogen) atoms. The molecule has 0 aromatic rings. The van der Waals surface area contributed by atoms with Gasteiger partial charge >= 0.3 is 5.97 Å². The summed E-state index contributed by atoms with van der Waals surface area (Å²) in [4.78, 5) is 25.2. The van der Waals surface area contributed by atoms with Gasteiger partial charge in [-0.2, -0.15) is 0 Å². The number of likely N-dealkylation sites (tertiary alicyclic amines) is 1. The maximum Gasteiger partial charge on any atom is 0.306 e. The molecule has 1 aliphatic carbocycles. The number of hydrogen-bond donors (Lipinski definition) is 2. The largest absolute Gasteiger partial charge is 0.481 e. The van der Waals surface area contributed by atoms with Crippen LogP contribution in [0.25, 0.3) is 0 Å². The van der Waals surface area contributed by atoms with Gasteiger partial charge in [-0.15, -0.1) is 0 Å². The predicted molar refractivity (Wildman–Crippen MR) is 80.9 cm³/mol. The Morgan fingerprint density at radius 3 is 2.43 bits per heavy atom. The van der Waals surface area contributed by atoms with Crippen LogP contribution < -0.4 is 5.32 Å². The fraction of sp³-hybridized carbons (Fsp3) is 0.875. The van der Waals surface area contributed by atoms with Crippen molar-refractivity contribution in [3.8, 4) is 0 Å². The van der Waals surface area contributed by atoms with Gasteiger partial charge in [0.2, 0.25) is 5.91 Å². The third kappa shape index (κ3) is 4.43. The Hall–Kier alpha value is -1.10. The van der Waals surface area contributed by atoms with Crippen molar-refractivity contribution < 1.29 is 14.7 Å². The number of nitrogens with zero attached hydrogens (tertiary/aromatic N) is 1. The van der Waals surface area contributed by atoms with E-state index in [0.29, 0.717) is 50.4 Å². The molecular weight excluding hydrogens is 268 g/mol. The molecule has 3 unspecified atom stereocenters. The summed E-state index contributed by atoms with van der Waals surface area (Å²) >= 11 is 0. The monoisotopic (exact) mass is 296 g/mol. The lowest BCUT2D eigenvalue weighted by molar-refractivity contribution is -0.143. The Morgan fingerprint density at radius 1 is 1.14 bits per heavy atom. The highest BCUT2D eigenvalue weighted by Crippen LogP contribution is 2.29. The van der Waals surface area contributed by atoms with E-state index in [2.05, 4.69) is 24.1 Å². The van der Waals surface area contributed by atoms with E-state index in [4.69, 9.17) is 5.11 Å². The average Bonchev–Trinajstić information content (AvgIpc) is 2.44. The van der Waals surface area contributed by atoms with E-state index in [1.165, 1.54) is 12.8 Å². The Kier molecular flexibility index (Phi) is 5.62. The summed E-state index contributed by atoms with van der Waals surface area (Å²) in [6, 6.07) is 0.304. The van der Waals surface area contributed by atoms with Crippen molar-refractivity contribution in [3.05, 3.63) is 0 Å². The number of carbonyl (C=O) groups is 2. The molecule has 1 amide bonds. The second-order valence-electron chi connectivity index (χ2n) is 6.83. The molecular formula is C16H28N2O3.